The fourth-order valence-corrected chi connectivity index (χ4v) is 1.85. The maximum atomic E-state index is 9.79. The Labute approximate surface area is 94.5 Å². The summed E-state index contributed by atoms with van der Waals surface area (Å²) in [5.41, 5.74) is 0.954. The second-order valence-electron chi connectivity index (χ2n) is 3.20. The van der Waals surface area contributed by atoms with E-state index in [0.717, 1.165) is 24.2 Å². The minimum atomic E-state index is -0.348. The third kappa shape index (κ3) is 3.91. The first-order chi connectivity index (χ1) is 6.74. The largest absolute Gasteiger partial charge is 0.388 e. The van der Waals surface area contributed by atoms with Gasteiger partial charge >= 0.3 is 0 Å². The molecule has 1 aromatic carbocycles. The molecule has 0 amide bonds. The van der Waals surface area contributed by atoms with Crippen molar-refractivity contribution in [1.82, 2.24) is 0 Å². The number of hydrogen-bond donors (Lipinski definition) is 1. The van der Waals surface area contributed by atoms with Crippen LogP contribution in [0.4, 0.5) is 0 Å². The molecule has 0 saturated carbocycles. The summed E-state index contributed by atoms with van der Waals surface area (Å²) in [5.74, 6) is 1.10. The van der Waals surface area contributed by atoms with E-state index in [9.17, 15) is 5.11 Å². The second kappa shape index (κ2) is 6.33. The van der Waals surface area contributed by atoms with Gasteiger partial charge in [-0.1, -0.05) is 23.7 Å². The molecule has 0 heterocycles. The van der Waals surface area contributed by atoms with Gasteiger partial charge in [-0.15, -0.1) is 0 Å². The highest BCUT2D eigenvalue weighted by Crippen LogP contribution is 2.20. The summed E-state index contributed by atoms with van der Waals surface area (Å²) in [7, 11) is 0. The monoisotopic (exact) mass is 230 g/mol. The molecule has 1 nitrogen and oxygen atoms in total. The van der Waals surface area contributed by atoms with Crippen molar-refractivity contribution in [3.63, 3.8) is 0 Å². The highest BCUT2D eigenvalue weighted by Gasteiger charge is 2.06. The lowest BCUT2D eigenvalue weighted by atomic mass is 10.1. The van der Waals surface area contributed by atoms with E-state index in [1.807, 2.05) is 36.0 Å². The third-order valence-corrected chi connectivity index (χ3v) is 3.03. The molecule has 0 radical (unpaired) electrons. The molecule has 0 fully saturated rings. The van der Waals surface area contributed by atoms with Crippen molar-refractivity contribution in [3.8, 4) is 0 Å². The van der Waals surface area contributed by atoms with Crippen LogP contribution in [0.1, 0.15) is 24.5 Å². The van der Waals surface area contributed by atoms with E-state index < -0.39 is 0 Å². The predicted octanol–water partition coefficient (Wildman–Crippen LogP) is 3.52. The lowest BCUT2D eigenvalue weighted by Gasteiger charge is -2.10. The number of benzene rings is 1. The Morgan fingerprint density at radius 2 is 2.00 bits per heavy atom. The molecule has 0 spiro atoms. The number of halogens is 1. The molecule has 1 rings (SSSR count). The van der Waals surface area contributed by atoms with Crippen molar-refractivity contribution in [3.05, 3.63) is 34.9 Å². The summed E-state index contributed by atoms with van der Waals surface area (Å²) < 4.78 is 0. The van der Waals surface area contributed by atoms with Crippen molar-refractivity contribution >= 4 is 23.4 Å². The average molecular weight is 231 g/mol. The summed E-state index contributed by atoms with van der Waals surface area (Å²) in [6.07, 6.45) is 3.60. The first-order valence-corrected chi connectivity index (χ1v) is 6.43. The van der Waals surface area contributed by atoms with Crippen molar-refractivity contribution in [1.29, 1.82) is 0 Å². The van der Waals surface area contributed by atoms with Crippen molar-refractivity contribution in [2.24, 2.45) is 0 Å². The zero-order chi connectivity index (χ0) is 10.4. The summed E-state index contributed by atoms with van der Waals surface area (Å²) in [6, 6.07) is 7.39. The Balaban J connectivity index is 2.43. The van der Waals surface area contributed by atoms with Gasteiger partial charge in [-0.25, -0.2) is 0 Å². The van der Waals surface area contributed by atoms with E-state index in [-0.39, 0.29) is 6.10 Å². The molecule has 0 aliphatic carbocycles. The van der Waals surface area contributed by atoms with Crippen LogP contribution in [0.25, 0.3) is 0 Å². The molecule has 1 aromatic rings. The highest BCUT2D eigenvalue weighted by molar-refractivity contribution is 7.98. The van der Waals surface area contributed by atoms with Crippen LogP contribution in [0.2, 0.25) is 5.02 Å². The van der Waals surface area contributed by atoms with Crippen LogP contribution in [0.5, 0.6) is 0 Å². The minimum Gasteiger partial charge on any atom is -0.388 e. The van der Waals surface area contributed by atoms with Crippen LogP contribution in [-0.4, -0.2) is 17.1 Å². The number of thioether (sulfide) groups is 1. The standard InChI is InChI=1S/C11H15ClOS/c1-14-8-2-3-11(13)9-4-6-10(12)7-5-9/h4-7,11,13H,2-3,8H2,1H3. The Kier molecular flexibility index (Phi) is 5.38. The van der Waals surface area contributed by atoms with Gasteiger partial charge in [-0.3, -0.25) is 0 Å². The van der Waals surface area contributed by atoms with E-state index in [2.05, 4.69) is 6.26 Å². The maximum absolute atomic E-state index is 9.79. The zero-order valence-electron chi connectivity index (χ0n) is 8.24. The Hall–Kier alpha value is -0.180. The van der Waals surface area contributed by atoms with Crippen LogP contribution in [0.3, 0.4) is 0 Å². The van der Waals surface area contributed by atoms with E-state index in [1.54, 1.807) is 0 Å². The maximum Gasteiger partial charge on any atom is 0.0790 e. The molecule has 0 aliphatic rings. The molecule has 78 valence electrons. The van der Waals surface area contributed by atoms with Gasteiger partial charge in [0.2, 0.25) is 0 Å². The fraction of sp³-hybridized carbons (Fsp3) is 0.455. The summed E-state index contributed by atoms with van der Waals surface area (Å²) in [5, 5.41) is 10.5. The lowest BCUT2D eigenvalue weighted by Crippen LogP contribution is -1.97. The smallest absolute Gasteiger partial charge is 0.0790 e. The predicted molar refractivity (Wildman–Crippen MR) is 64.0 cm³/mol. The molecule has 0 bridgehead atoms. The van der Waals surface area contributed by atoms with Crippen LogP contribution >= 0.6 is 23.4 Å². The molecular formula is C11H15ClOS. The highest BCUT2D eigenvalue weighted by atomic mass is 35.5. The van der Waals surface area contributed by atoms with E-state index in [1.165, 1.54) is 0 Å². The lowest BCUT2D eigenvalue weighted by molar-refractivity contribution is 0.167. The van der Waals surface area contributed by atoms with Crippen LogP contribution in [0.15, 0.2) is 24.3 Å². The van der Waals surface area contributed by atoms with Gasteiger partial charge in [0.05, 0.1) is 6.10 Å². The van der Waals surface area contributed by atoms with Gasteiger partial charge in [0.25, 0.3) is 0 Å². The number of aliphatic hydroxyl groups excluding tert-OH is 1. The molecule has 3 heteroatoms. The number of hydrogen-bond acceptors (Lipinski definition) is 2. The number of aliphatic hydroxyl groups is 1. The second-order valence-corrected chi connectivity index (χ2v) is 4.62. The van der Waals surface area contributed by atoms with Crippen LogP contribution in [0, 0.1) is 0 Å². The first kappa shape index (κ1) is 11.9. The van der Waals surface area contributed by atoms with Crippen molar-refractivity contribution in [2.45, 2.75) is 18.9 Å². The third-order valence-electron chi connectivity index (χ3n) is 2.08. The van der Waals surface area contributed by atoms with E-state index in [4.69, 9.17) is 11.6 Å². The Bertz CT molecular complexity index is 260. The van der Waals surface area contributed by atoms with Gasteiger partial charge in [0.1, 0.15) is 0 Å². The van der Waals surface area contributed by atoms with Crippen molar-refractivity contribution in [2.75, 3.05) is 12.0 Å². The molecule has 0 aromatic heterocycles. The van der Waals surface area contributed by atoms with Gasteiger partial charge in [0, 0.05) is 5.02 Å². The average Bonchev–Trinajstić information content (AvgIpc) is 2.19. The summed E-state index contributed by atoms with van der Waals surface area (Å²) >= 11 is 7.57. The topological polar surface area (TPSA) is 20.2 Å². The van der Waals surface area contributed by atoms with E-state index >= 15 is 0 Å². The Morgan fingerprint density at radius 3 is 2.57 bits per heavy atom. The van der Waals surface area contributed by atoms with Gasteiger partial charge in [-0.05, 0) is 42.5 Å². The molecule has 1 N–H and O–H groups in total. The summed E-state index contributed by atoms with van der Waals surface area (Å²) in [4.78, 5) is 0. The van der Waals surface area contributed by atoms with Gasteiger partial charge < -0.3 is 5.11 Å². The van der Waals surface area contributed by atoms with E-state index in [0.29, 0.717) is 5.02 Å². The van der Waals surface area contributed by atoms with Gasteiger partial charge in [-0.2, -0.15) is 11.8 Å². The van der Waals surface area contributed by atoms with Crippen LogP contribution < -0.4 is 0 Å². The molecule has 1 unspecified atom stereocenters. The number of rotatable bonds is 5. The molecular weight excluding hydrogens is 216 g/mol. The first-order valence-electron chi connectivity index (χ1n) is 4.66. The minimum absolute atomic E-state index is 0.348. The normalized spacial score (nSPS) is 12.8. The molecule has 0 saturated heterocycles. The molecule has 0 aliphatic heterocycles. The van der Waals surface area contributed by atoms with Gasteiger partial charge in [0.15, 0.2) is 0 Å². The Morgan fingerprint density at radius 1 is 1.36 bits per heavy atom. The zero-order valence-corrected chi connectivity index (χ0v) is 9.81. The SMILES string of the molecule is CSCCCC(O)c1ccc(Cl)cc1. The van der Waals surface area contributed by atoms with Crippen LogP contribution in [-0.2, 0) is 0 Å². The van der Waals surface area contributed by atoms with Crippen molar-refractivity contribution < 1.29 is 5.11 Å². The molecule has 1 atom stereocenters. The summed E-state index contributed by atoms with van der Waals surface area (Å²) in [6.45, 7) is 0. The fourth-order valence-electron chi connectivity index (χ4n) is 1.27. The quantitative estimate of drug-likeness (QED) is 0.782. The molecule has 14 heavy (non-hydrogen) atoms.